The molecule has 0 fully saturated rings. The van der Waals surface area contributed by atoms with Gasteiger partial charge in [0.05, 0.1) is 12.2 Å². The van der Waals surface area contributed by atoms with Crippen molar-refractivity contribution in [2.24, 2.45) is 0 Å². The van der Waals surface area contributed by atoms with Gasteiger partial charge in [-0.2, -0.15) is 0 Å². The number of aromatic nitrogens is 2. The summed E-state index contributed by atoms with van der Waals surface area (Å²) in [5, 5.41) is 3.12. The van der Waals surface area contributed by atoms with Crippen molar-refractivity contribution in [2.45, 2.75) is 46.3 Å². The van der Waals surface area contributed by atoms with Crippen LogP contribution < -0.4 is 10.9 Å². The molecule has 0 bridgehead atoms. The highest BCUT2D eigenvalue weighted by molar-refractivity contribution is 7.15. The predicted octanol–water partition coefficient (Wildman–Crippen LogP) is 4.35. The molecule has 172 valence electrons. The highest BCUT2D eigenvalue weighted by Gasteiger charge is 2.28. The summed E-state index contributed by atoms with van der Waals surface area (Å²) >= 11 is 1.30. The first-order valence-corrected chi connectivity index (χ1v) is 11.5. The molecule has 4 rings (SSSR count). The zero-order chi connectivity index (χ0) is 23.8. The van der Waals surface area contributed by atoms with Crippen molar-refractivity contribution < 1.29 is 14.3 Å². The molecule has 2 amide bonds. The van der Waals surface area contributed by atoms with E-state index in [1.165, 1.54) is 17.4 Å². The molecule has 8 nitrogen and oxygen atoms in total. The maximum absolute atomic E-state index is 12.7. The van der Waals surface area contributed by atoms with Crippen molar-refractivity contribution >= 4 is 28.5 Å². The molecule has 9 heteroatoms. The highest BCUT2D eigenvalue weighted by atomic mass is 32.1. The Labute approximate surface area is 195 Å². The number of carbonyl (C=O) groups is 2. The Morgan fingerprint density at radius 3 is 2.70 bits per heavy atom. The summed E-state index contributed by atoms with van der Waals surface area (Å²) in [6, 6.07) is 11.0. The number of thiazole rings is 1. The van der Waals surface area contributed by atoms with Gasteiger partial charge in [-0.25, -0.2) is 9.78 Å². The van der Waals surface area contributed by atoms with Gasteiger partial charge in [0.15, 0.2) is 5.13 Å². The average molecular weight is 467 g/mol. The number of hydrogen-bond acceptors (Lipinski definition) is 6. The molecule has 0 radical (unpaired) electrons. The third kappa shape index (κ3) is 5.31. The zero-order valence-corrected chi connectivity index (χ0v) is 19.8. The number of amides is 2. The SMILES string of the molecule is Cc1cccc(-c2ccc(C(=O)Nc3nc4c(s3)CN(C(=O)OC(C)(C)C)CC4)c(=O)[nH]2)c1. The van der Waals surface area contributed by atoms with Gasteiger partial charge in [-0.05, 0) is 51.5 Å². The van der Waals surface area contributed by atoms with Crippen molar-refractivity contribution in [1.29, 1.82) is 0 Å². The Bertz CT molecular complexity index is 1270. The second kappa shape index (κ2) is 8.82. The maximum atomic E-state index is 12.7. The van der Waals surface area contributed by atoms with Crippen LogP contribution in [-0.2, 0) is 17.7 Å². The lowest BCUT2D eigenvalue weighted by Gasteiger charge is -2.29. The van der Waals surface area contributed by atoms with E-state index in [1.54, 1.807) is 11.0 Å². The van der Waals surface area contributed by atoms with Crippen LogP contribution in [0.4, 0.5) is 9.93 Å². The fourth-order valence-electron chi connectivity index (χ4n) is 3.53. The molecular formula is C24H26N4O4S. The summed E-state index contributed by atoms with van der Waals surface area (Å²) in [5.74, 6) is -0.526. The van der Waals surface area contributed by atoms with E-state index in [-0.39, 0.29) is 11.7 Å². The van der Waals surface area contributed by atoms with Crippen molar-refractivity contribution in [1.82, 2.24) is 14.9 Å². The number of hydrogen-bond donors (Lipinski definition) is 2. The molecule has 2 aromatic heterocycles. The molecule has 1 aliphatic rings. The Morgan fingerprint density at radius 1 is 1.21 bits per heavy atom. The largest absolute Gasteiger partial charge is 0.444 e. The molecule has 33 heavy (non-hydrogen) atoms. The van der Waals surface area contributed by atoms with E-state index in [4.69, 9.17) is 4.74 Å². The lowest BCUT2D eigenvalue weighted by Crippen LogP contribution is -2.39. The van der Waals surface area contributed by atoms with E-state index in [1.807, 2.05) is 52.0 Å². The molecule has 0 saturated carbocycles. The van der Waals surface area contributed by atoms with Crippen LogP contribution in [0.3, 0.4) is 0 Å². The Hall–Kier alpha value is -3.46. The van der Waals surface area contributed by atoms with Crippen LogP contribution >= 0.6 is 11.3 Å². The average Bonchev–Trinajstić information content (AvgIpc) is 3.13. The molecule has 0 atom stereocenters. The number of anilines is 1. The lowest BCUT2D eigenvalue weighted by atomic mass is 10.1. The van der Waals surface area contributed by atoms with Crippen LogP contribution in [0.5, 0.6) is 0 Å². The number of aromatic amines is 1. The Kier molecular flexibility index (Phi) is 6.07. The fraction of sp³-hybridized carbons (Fsp3) is 0.333. The van der Waals surface area contributed by atoms with Crippen molar-refractivity contribution in [3.63, 3.8) is 0 Å². The second-order valence-corrected chi connectivity index (χ2v) is 10.1. The van der Waals surface area contributed by atoms with Gasteiger partial charge in [0.2, 0.25) is 0 Å². The molecule has 0 aliphatic carbocycles. The number of nitrogens with zero attached hydrogens (tertiary/aromatic N) is 2. The monoisotopic (exact) mass is 466 g/mol. The maximum Gasteiger partial charge on any atom is 0.410 e. The van der Waals surface area contributed by atoms with Gasteiger partial charge >= 0.3 is 6.09 Å². The van der Waals surface area contributed by atoms with E-state index < -0.39 is 17.1 Å². The van der Waals surface area contributed by atoms with Crippen molar-refractivity contribution in [3.05, 3.63) is 68.4 Å². The predicted molar refractivity (Wildman–Crippen MR) is 128 cm³/mol. The molecule has 3 aromatic rings. The molecule has 1 aromatic carbocycles. The number of ether oxygens (including phenoxy) is 1. The number of pyridine rings is 1. The van der Waals surface area contributed by atoms with Crippen LogP contribution in [0.15, 0.2) is 41.2 Å². The minimum Gasteiger partial charge on any atom is -0.444 e. The Balaban J connectivity index is 1.46. The summed E-state index contributed by atoms with van der Waals surface area (Å²) < 4.78 is 5.45. The molecule has 3 heterocycles. The highest BCUT2D eigenvalue weighted by Crippen LogP contribution is 2.29. The van der Waals surface area contributed by atoms with E-state index in [0.29, 0.717) is 30.3 Å². The van der Waals surface area contributed by atoms with Crippen LogP contribution in [0, 0.1) is 6.92 Å². The Morgan fingerprint density at radius 2 is 2.00 bits per heavy atom. The minimum atomic E-state index is -0.563. The number of benzene rings is 1. The van der Waals surface area contributed by atoms with E-state index in [9.17, 15) is 14.4 Å². The first kappa shape index (κ1) is 22.7. The second-order valence-electron chi connectivity index (χ2n) is 8.98. The van der Waals surface area contributed by atoms with Crippen molar-refractivity contribution in [3.8, 4) is 11.3 Å². The van der Waals surface area contributed by atoms with Gasteiger partial charge in [-0.3, -0.25) is 14.9 Å². The summed E-state index contributed by atoms with van der Waals surface area (Å²) in [4.78, 5) is 47.4. The number of fused-ring (bicyclic) bond motifs is 1. The summed E-state index contributed by atoms with van der Waals surface area (Å²) in [6.07, 6.45) is 0.208. The third-order valence-corrected chi connectivity index (χ3v) is 6.08. The first-order chi connectivity index (χ1) is 15.6. The molecule has 0 saturated heterocycles. The number of nitrogens with one attached hydrogen (secondary N) is 2. The minimum absolute atomic E-state index is 0.00922. The molecular weight excluding hydrogens is 440 g/mol. The van der Waals surface area contributed by atoms with Gasteiger partial charge in [-0.1, -0.05) is 35.1 Å². The standard InChI is InChI=1S/C24H26N4O4S/c1-14-6-5-7-15(12-14)17-9-8-16(20(29)25-17)21(30)27-22-26-18-10-11-28(13-19(18)33-22)23(31)32-24(2,3)4/h5-9,12H,10-11,13H2,1-4H3,(H,25,29)(H,26,27,30). The van der Waals surface area contributed by atoms with Crippen LogP contribution in [0.2, 0.25) is 0 Å². The number of carbonyl (C=O) groups excluding carboxylic acids is 2. The molecule has 2 N–H and O–H groups in total. The summed E-state index contributed by atoms with van der Waals surface area (Å²) in [7, 11) is 0. The fourth-order valence-corrected chi connectivity index (χ4v) is 4.55. The topological polar surface area (TPSA) is 104 Å². The van der Waals surface area contributed by atoms with Crippen LogP contribution in [-0.4, -0.2) is 39.0 Å². The molecule has 0 spiro atoms. The van der Waals surface area contributed by atoms with E-state index in [0.717, 1.165) is 21.7 Å². The summed E-state index contributed by atoms with van der Waals surface area (Å²) in [6.45, 7) is 8.34. The summed E-state index contributed by atoms with van der Waals surface area (Å²) in [5.41, 5.74) is 2.42. The van der Waals surface area contributed by atoms with Gasteiger partial charge < -0.3 is 14.6 Å². The van der Waals surface area contributed by atoms with Crippen LogP contribution in [0.25, 0.3) is 11.3 Å². The van der Waals surface area contributed by atoms with Crippen molar-refractivity contribution in [2.75, 3.05) is 11.9 Å². The number of H-pyrrole nitrogens is 1. The van der Waals surface area contributed by atoms with E-state index in [2.05, 4.69) is 15.3 Å². The van der Waals surface area contributed by atoms with Gasteiger partial charge in [0.25, 0.3) is 11.5 Å². The first-order valence-electron chi connectivity index (χ1n) is 10.7. The lowest BCUT2D eigenvalue weighted by molar-refractivity contribution is 0.0225. The number of rotatable bonds is 3. The number of aryl methyl sites for hydroxylation is 1. The normalized spacial score (nSPS) is 13.4. The van der Waals surface area contributed by atoms with Gasteiger partial charge in [-0.15, -0.1) is 0 Å². The third-order valence-electron chi connectivity index (χ3n) is 5.09. The molecule has 0 unspecified atom stereocenters. The van der Waals surface area contributed by atoms with Gasteiger partial charge in [0, 0.05) is 23.5 Å². The van der Waals surface area contributed by atoms with E-state index >= 15 is 0 Å². The van der Waals surface area contributed by atoms with Gasteiger partial charge in [0.1, 0.15) is 11.2 Å². The van der Waals surface area contributed by atoms with Crippen LogP contribution in [0.1, 0.15) is 47.3 Å². The quantitative estimate of drug-likeness (QED) is 0.597. The smallest absolute Gasteiger partial charge is 0.410 e. The molecule has 1 aliphatic heterocycles. The zero-order valence-electron chi connectivity index (χ0n) is 19.0.